The number of hydrogen-bond donors (Lipinski definition) is 0. The molecule has 126 valence electrons. The Morgan fingerprint density at radius 2 is 1.35 bits per heavy atom. The zero-order valence-electron chi connectivity index (χ0n) is 13.7. The molecule has 1 heterocycles. The Labute approximate surface area is 159 Å². The van der Waals surface area contributed by atoms with Crippen molar-refractivity contribution < 1.29 is 4.42 Å². The molecule has 0 spiro atoms. The second-order valence-corrected chi connectivity index (χ2v) is 6.55. The standard InChI is InChI=1S/C21H14BrN3O/c22-18-10-6-15(7-11-18)14-23-19-12-8-17(9-13-19)21-25-24-20(26-21)16-4-2-1-3-5-16/h1-14H. The first-order valence-corrected chi connectivity index (χ1v) is 8.86. The number of halogens is 1. The van der Waals surface area contributed by atoms with Crippen LogP contribution in [0.5, 0.6) is 0 Å². The third kappa shape index (κ3) is 3.78. The normalized spacial score (nSPS) is 11.1. The maximum Gasteiger partial charge on any atom is 0.248 e. The van der Waals surface area contributed by atoms with E-state index in [1.807, 2.05) is 85.1 Å². The largest absolute Gasteiger partial charge is 0.416 e. The van der Waals surface area contributed by atoms with E-state index in [2.05, 4.69) is 31.1 Å². The number of aliphatic imine (C=N–C) groups is 1. The van der Waals surface area contributed by atoms with Gasteiger partial charge in [-0.05, 0) is 54.1 Å². The van der Waals surface area contributed by atoms with Crippen molar-refractivity contribution in [1.29, 1.82) is 0 Å². The van der Waals surface area contributed by atoms with Gasteiger partial charge in [0.1, 0.15) is 0 Å². The van der Waals surface area contributed by atoms with Crippen LogP contribution in [0.2, 0.25) is 0 Å². The van der Waals surface area contributed by atoms with Gasteiger partial charge < -0.3 is 4.42 Å². The quantitative estimate of drug-likeness (QED) is 0.397. The molecule has 0 saturated heterocycles. The highest BCUT2D eigenvalue weighted by atomic mass is 79.9. The summed E-state index contributed by atoms with van der Waals surface area (Å²) in [6, 6.07) is 25.4. The van der Waals surface area contributed by atoms with Gasteiger partial charge in [-0.2, -0.15) is 0 Å². The van der Waals surface area contributed by atoms with Gasteiger partial charge in [-0.1, -0.05) is 46.3 Å². The number of rotatable bonds is 4. The Bertz CT molecular complexity index is 1020. The minimum atomic E-state index is 0.493. The van der Waals surface area contributed by atoms with Crippen molar-refractivity contribution >= 4 is 27.8 Å². The molecule has 0 radical (unpaired) electrons. The predicted octanol–water partition coefficient (Wildman–Crippen LogP) is 5.92. The molecule has 3 aromatic carbocycles. The molecular weight excluding hydrogens is 390 g/mol. The summed E-state index contributed by atoms with van der Waals surface area (Å²) >= 11 is 3.42. The van der Waals surface area contributed by atoms with E-state index in [0.29, 0.717) is 11.8 Å². The van der Waals surface area contributed by atoms with E-state index in [1.54, 1.807) is 0 Å². The lowest BCUT2D eigenvalue weighted by Gasteiger charge is -1.97. The molecule has 0 aliphatic heterocycles. The average molecular weight is 404 g/mol. The highest BCUT2D eigenvalue weighted by molar-refractivity contribution is 9.10. The molecule has 0 amide bonds. The molecule has 4 aromatic rings. The highest BCUT2D eigenvalue weighted by Gasteiger charge is 2.09. The van der Waals surface area contributed by atoms with E-state index in [9.17, 15) is 0 Å². The van der Waals surface area contributed by atoms with Crippen LogP contribution in [0.1, 0.15) is 5.56 Å². The first-order valence-electron chi connectivity index (χ1n) is 8.07. The first kappa shape index (κ1) is 16.4. The van der Waals surface area contributed by atoms with Crippen LogP contribution in [-0.2, 0) is 0 Å². The Balaban J connectivity index is 1.51. The second kappa shape index (κ2) is 7.45. The topological polar surface area (TPSA) is 51.3 Å². The summed E-state index contributed by atoms with van der Waals surface area (Å²) in [6.07, 6.45) is 1.83. The first-order chi connectivity index (χ1) is 12.8. The lowest BCUT2D eigenvalue weighted by molar-refractivity contribution is 0.584. The predicted molar refractivity (Wildman–Crippen MR) is 107 cm³/mol. The van der Waals surface area contributed by atoms with Gasteiger partial charge in [0.25, 0.3) is 0 Å². The van der Waals surface area contributed by atoms with Crippen LogP contribution in [0.4, 0.5) is 5.69 Å². The summed E-state index contributed by atoms with van der Waals surface area (Å²) in [5, 5.41) is 8.25. The van der Waals surface area contributed by atoms with Crippen LogP contribution in [0.3, 0.4) is 0 Å². The Morgan fingerprint density at radius 1 is 0.731 bits per heavy atom. The van der Waals surface area contributed by atoms with Gasteiger partial charge in [0, 0.05) is 21.8 Å². The Morgan fingerprint density at radius 3 is 2.00 bits per heavy atom. The van der Waals surface area contributed by atoms with Crippen molar-refractivity contribution in [1.82, 2.24) is 10.2 Å². The maximum atomic E-state index is 5.77. The fourth-order valence-electron chi connectivity index (χ4n) is 2.43. The molecule has 0 aliphatic carbocycles. The highest BCUT2D eigenvalue weighted by Crippen LogP contribution is 2.25. The monoisotopic (exact) mass is 403 g/mol. The molecular formula is C21H14BrN3O. The van der Waals surface area contributed by atoms with E-state index in [0.717, 1.165) is 26.9 Å². The number of benzene rings is 3. The van der Waals surface area contributed by atoms with Crippen molar-refractivity contribution in [3.05, 3.63) is 88.9 Å². The molecule has 1 aromatic heterocycles. The van der Waals surface area contributed by atoms with Crippen LogP contribution in [0.15, 0.2) is 92.7 Å². The summed E-state index contributed by atoms with van der Waals surface area (Å²) in [6.45, 7) is 0. The van der Waals surface area contributed by atoms with Crippen LogP contribution in [0.25, 0.3) is 22.9 Å². The van der Waals surface area contributed by atoms with E-state index in [1.165, 1.54) is 0 Å². The second-order valence-electron chi connectivity index (χ2n) is 5.64. The minimum absolute atomic E-state index is 0.493. The van der Waals surface area contributed by atoms with Gasteiger partial charge in [0.05, 0.1) is 5.69 Å². The summed E-state index contributed by atoms with van der Waals surface area (Å²) in [7, 11) is 0. The third-order valence-corrected chi connectivity index (χ3v) is 4.32. The smallest absolute Gasteiger partial charge is 0.248 e. The van der Waals surface area contributed by atoms with E-state index in [-0.39, 0.29) is 0 Å². The molecule has 0 bridgehead atoms. The molecule has 0 saturated carbocycles. The van der Waals surface area contributed by atoms with Gasteiger partial charge in [-0.3, -0.25) is 4.99 Å². The van der Waals surface area contributed by atoms with Crippen molar-refractivity contribution in [3.63, 3.8) is 0 Å². The fourth-order valence-corrected chi connectivity index (χ4v) is 2.69. The molecule has 0 fully saturated rings. The molecule has 0 unspecified atom stereocenters. The van der Waals surface area contributed by atoms with Gasteiger partial charge in [0.2, 0.25) is 11.8 Å². The summed E-state index contributed by atoms with van der Waals surface area (Å²) in [5.41, 5.74) is 3.67. The number of hydrogen-bond acceptors (Lipinski definition) is 4. The summed E-state index contributed by atoms with van der Waals surface area (Å²) in [4.78, 5) is 4.49. The molecule has 0 aliphatic rings. The van der Waals surface area contributed by atoms with Crippen molar-refractivity contribution in [2.75, 3.05) is 0 Å². The van der Waals surface area contributed by atoms with Gasteiger partial charge >= 0.3 is 0 Å². The van der Waals surface area contributed by atoms with Crippen LogP contribution in [-0.4, -0.2) is 16.4 Å². The molecule has 0 atom stereocenters. The number of aromatic nitrogens is 2. The number of nitrogens with zero attached hydrogens (tertiary/aromatic N) is 3. The molecule has 4 rings (SSSR count). The fraction of sp³-hybridized carbons (Fsp3) is 0. The minimum Gasteiger partial charge on any atom is -0.416 e. The lowest BCUT2D eigenvalue weighted by Crippen LogP contribution is -1.80. The van der Waals surface area contributed by atoms with Crippen molar-refractivity contribution in [2.45, 2.75) is 0 Å². The molecule has 0 N–H and O–H groups in total. The Kier molecular flexibility index (Phi) is 4.71. The van der Waals surface area contributed by atoms with Gasteiger partial charge in [-0.15, -0.1) is 10.2 Å². The molecule has 4 nitrogen and oxygen atoms in total. The van der Waals surface area contributed by atoms with E-state index >= 15 is 0 Å². The Hall–Kier alpha value is -3.05. The molecule has 5 heteroatoms. The van der Waals surface area contributed by atoms with E-state index in [4.69, 9.17) is 4.42 Å². The zero-order valence-corrected chi connectivity index (χ0v) is 15.3. The third-order valence-electron chi connectivity index (χ3n) is 3.79. The lowest BCUT2D eigenvalue weighted by atomic mass is 10.2. The van der Waals surface area contributed by atoms with Crippen molar-refractivity contribution in [2.24, 2.45) is 4.99 Å². The average Bonchev–Trinajstić information content (AvgIpc) is 3.19. The summed E-state index contributed by atoms with van der Waals surface area (Å²) in [5.74, 6) is 1.00. The zero-order chi connectivity index (χ0) is 17.8. The van der Waals surface area contributed by atoms with E-state index < -0.39 is 0 Å². The van der Waals surface area contributed by atoms with Gasteiger partial charge in [-0.25, -0.2) is 0 Å². The van der Waals surface area contributed by atoms with Crippen LogP contribution in [0, 0.1) is 0 Å². The van der Waals surface area contributed by atoms with Crippen LogP contribution >= 0.6 is 15.9 Å². The summed E-state index contributed by atoms with van der Waals surface area (Å²) < 4.78 is 6.82. The van der Waals surface area contributed by atoms with Crippen molar-refractivity contribution in [3.8, 4) is 22.9 Å². The molecule has 26 heavy (non-hydrogen) atoms. The van der Waals surface area contributed by atoms with Crippen LogP contribution < -0.4 is 0 Å². The van der Waals surface area contributed by atoms with Gasteiger partial charge in [0.15, 0.2) is 0 Å². The SMILES string of the molecule is Brc1ccc(C=Nc2ccc(-c3nnc(-c4ccccc4)o3)cc2)cc1. The maximum absolute atomic E-state index is 5.77.